The summed E-state index contributed by atoms with van der Waals surface area (Å²) in [4.78, 5) is 6.84. The van der Waals surface area contributed by atoms with E-state index in [2.05, 4.69) is 29.1 Å². The number of para-hydroxylation sites is 2. The molecule has 0 aromatic heterocycles. The molecule has 1 aromatic rings. The van der Waals surface area contributed by atoms with Crippen LogP contribution in [0.4, 0.5) is 5.69 Å². The standard InChI is InChI=1S/C17H28N4O2/c1-13(2)11-21-8-9-23-14(12-21)10-19-17(18)20-15-6-4-5-7-16(15)22-3/h4-7,13-14H,8-12H2,1-3H3,(H3,18,19,20). The van der Waals surface area contributed by atoms with E-state index in [1.54, 1.807) is 7.11 Å². The molecule has 6 nitrogen and oxygen atoms in total. The highest BCUT2D eigenvalue weighted by Gasteiger charge is 2.20. The second-order valence-corrected chi connectivity index (χ2v) is 6.20. The smallest absolute Gasteiger partial charge is 0.193 e. The Kier molecular flexibility index (Phi) is 6.67. The zero-order valence-corrected chi connectivity index (χ0v) is 14.3. The fraction of sp³-hybridized carbons (Fsp3) is 0.588. The minimum Gasteiger partial charge on any atom is -0.495 e. The fourth-order valence-corrected chi connectivity index (χ4v) is 2.70. The van der Waals surface area contributed by atoms with Gasteiger partial charge in [0.15, 0.2) is 5.96 Å². The zero-order valence-electron chi connectivity index (χ0n) is 14.3. The highest BCUT2D eigenvalue weighted by molar-refractivity contribution is 5.93. The average molecular weight is 320 g/mol. The summed E-state index contributed by atoms with van der Waals surface area (Å²) < 4.78 is 11.1. The molecule has 0 bridgehead atoms. The number of anilines is 1. The number of nitrogens with zero attached hydrogens (tertiary/aromatic N) is 2. The van der Waals surface area contributed by atoms with Crippen molar-refractivity contribution in [2.24, 2.45) is 16.6 Å². The Morgan fingerprint density at radius 1 is 1.48 bits per heavy atom. The summed E-state index contributed by atoms with van der Waals surface area (Å²) in [6.45, 7) is 8.78. The lowest BCUT2D eigenvalue weighted by atomic mass is 10.2. The Labute approximate surface area is 138 Å². The Morgan fingerprint density at radius 2 is 2.26 bits per heavy atom. The second-order valence-electron chi connectivity index (χ2n) is 6.20. The molecule has 1 aliphatic heterocycles. The lowest BCUT2D eigenvalue weighted by Crippen LogP contribution is -2.45. The molecule has 1 unspecified atom stereocenters. The number of hydrogen-bond donors (Lipinski definition) is 2. The van der Waals surface area contributed by atoms with Gasteiger partial charge >= 0.3 is 0 Å². The molecule has 1 aliphatic rings. The first kappa shape index (κ1) is 17.6. The molecule has 1 saturated heterocycles. The van der Waals surface area contributed by atoms with Crippen LogP contribution in [0.5, 0.6) is 5.75 Å². The van der Waals surface area contributed by atoms with Crippen molar-refractivity contribution in [1.29, 1.82) is 0 Å². The van der Waals surface area contributed by atoms with Gasteiger partial charge in [-0.05, 0) is 18.1 Å². The van der Waals surface area contributed by atoms with Crippen molar-refractivity contribution >= 4 is 11.6 Å². The van der Waals surface area contributed by atoms with Crippen LogP contribution in [0.25, 0.3) is 0 Å². The van der Waals surface area contributed by atoms with Crippen LogP contribution in [0.1, 0.15) is 13.8 Å². The summed E-state index contributed by atoms with van der Waals surface area (Å²) in [7, 11) is 1.63. The van der Waals surface area contributed by atoms with Crippen molar-refractivity contribution in [1.82, 2.24) is 4.90 Å². The summed E-state index contributed by atoms with van der Waals surface area (Å²) >= 11 is 0. The lowest BCUT2D eigenvalue weighted by Gasteiger charge is -2.33. The number of ether oxygens (including phenoxy) is 2. The molecule has 3 N–H and O–H groups in total. The molecule has 0 radical (unpaired) electrons. The number of morpholine rings is 1. The number of aliphatic imine (C=N–C) groups is 1. The topological polar surface area (TPSA) is 72.1 Å². The van der Waals surface area contributed by atoms with Gasteiger partial charge in [0.05, 0.1) is 32.1 Å². The molecular formula is C17H28N4O2. The van der Waals surface area contributed by atoms with Crippen LogP contribution in [0.3, 0.4) is 0 Å². The Balaban J connectivity index is 1.86. The third-order valence-corrected chi connectivity index (χ3v) is 3.68. The van der Waals surface area contributed by atoms with E-state index in [0.717, 1.165) is 37.7 Å². The molecule has 0 spiro atoms. The van der Waals surface area contributed by atoms with E-state index in [1.807, 2.05) is 24.3 Å². The normalized spacial score (nSPS) is 19.8. The van der Waals surface area contributed by atoms with Crippen molar-refractivity contribution in [3.8, 4) is 5.75 Å². The Hall–Kier alpha value is -1.79. The first-order chi connectivity index (χ1) is 11.1. The SMILES string of the molecule is COc1ccccc1NC(N)=NCC1CN(CC(C)C)CCO1. The number of rotatable bonds is 6. The number of guanidine groups is 1. The zero-order chi connectivity index (χ0) is 16.7. The van der Waals surface area contributed by atoms with Gasteiger partial charge in [-0.3, -0.25) is 9.89 Å². The van der Waals surface area contributed by atoms with Crippen molar-refractivity contribution < 1.29 is 9.47 Å². The summed E-state index contributed by atoms with van der Waals surface area (Å²) in [6.07, 6.45) is 0.0977. The van der Waals surface area contributed by atoms with Gasteiger partial charge in [-0.15, -0.1) is 0 Å². The first-order valence-electron chi connectivity index (χ1n) is 8.12. The fourth-order valence-electron chi connectivity index (χ4n) is 2.70. The maximum atomic E-state index is 5.98. The van der Waals surface area contributed by atoms with Gasteiger partial charge in [0.1, 0.15) is 5.75 Å². The predicted molar refractivity (Wildman–Crippen MR) is 94.1 cm³/mol. The number of nitrogens with one attached hydrogen (secondary N) is 1. The molecule has 1 aromatic carbocycles. The molecular weight excluding hydrogens is 292 g/mol. The van der Waals surface area contributed by atoms with E-state index in [0.29, 0.717) is 18.4 Å². The van der Waals surface area contributed by atoms with Crippen LogP contribution in [0.2, 0.25) is 0 Å². The Bertz CT molecular complexity index is 519. The van der Waals surface area contributed by atoms with Crippen LogP contribution in [0.15, 0.2) is 29.3 Å². The highest BCUT2D eigenvalue weighted by atomic mass is 16.5. The molecule has 1 heterocycles. The molecule has 6 heteroatoms. The van der Waals surface area contributed by atoms with Crippen LogP contribution in [0, 0.1) is 5.92 Å². The molecule has 2 rings (SSSR count). The minimum absolute atomic E-state index is 0.0977. The number of nitrogens with two attached hydrogens (primary N) is 1. The molecule has 0 saturated carbocycles. The van der Waals surface area contributed by atoms with Gasteiger partial charge in [-0.1, -0.05) is 26.0 Å². The number of methoxy groups -OCH3 is 1. The lowest BCUT2D eigenvalue weighted by molar-refractivity contribution is -0.0261. The largest absolute Gasteiger partial charge is 0.495 e. The van der Waals surface area contributed by atoms with Gasteiger partial charge in [0.2, 0.25) is 0 Å². The maximum absolute atomic E-state index is 5.98. The minimum atomic E-state index is 0.0977. The van der Waals surface area contributed by atoms with Crippen LogP contribution < -0.4 is 15.8 Å². The van der Waals surface area contributed by atoms with Crippen molar-refractivity contribution in [2.45, 2.75) is 20.0 Å². The van der Waals surface area contributed by atoms with E-state index in [1.165, 1.54) is 0 Å². The van der Waals surface area contributed by atoms with Crippen molar-refractivity contribution in [3.63, 3.8) is 0 Å². The van der Waals surface area contributed by atoms with E-state index >= 15 is 0 Å². The molecule has 23 heavy (non-hydrogen) atoms. The number of benzene rings is 1. The van der Waals surface area contributed by atoms with Gasteiger partial charge in [-0.2, -0.15) is 0 Å². The number of hydrogen-bond acceptors (Lipinski definition) is 4. The van der Waals surface area contributed by atoms with Gasteiger partial charge in [0.25, 0.3) is 0 Å². The first-order valence-corrected chi connectivity index (χ1v) is 8.12. The summed E-state index contributed by atoms with van der Waals surface area (Å²) in [5, 5.41) is 3.08. The molecule has 1 atom stereocenters. The predicted octanol–water partition coefficient (Wildman–Crippen LogP) is 1.78. The molecule has 128 valence electrons. The van der Waals surface area contributed by atoms with Gasteiger partial charge < -0.3 is 20.5 Å². The van der Waals surface area contributed by atoms with Gasteiger partial charge in [-0.25, -0.2) is 0 Å². The summed E-state index contributed by atoms with van der Waals surface area (Å²) in [5.74, 6) is 1.77. The van der Waals surface area contributed by atoms with E-state index in [4.69, 9.17) is 15.2 Å². The van der Waals surface area contributed by atoms with Gasteiger partial charge in [0, 0.05) is 19.6 Å². The second kappa shape index (κ2) is 8.74. The van der Waals surface area contributed by atoms with Crippen LogP contribution in [-0.2, 0) is 4.74 Å². The molecule has 0 amide bonds. The third-order valence-electron chi connectivity index (χ3n) is 3.68. The average Bonchev–Trinajstić information content (AvgIpc) is 2.53. The monoisotopic (exact) mass is 320 g/mol. The quantitative estimate of drug-likeness (QED) is 0.617. The van der Waals surface area contributed by atoms with Crippen molar-refractivity contribution in [3.05, 3.63) is 24.3 Å². The summed E-state index contributed by atoms with van der Waals surface area (Å²) in [5.41, 5.74) is 6.78. The summed E-state index contributed by atoms with van der Waals surface area (Å²) in [6, 6.07) is 7.62. The molecule has 1 fully saturated rings. The van der Waals surface area contributed by atoms with Crippen molar-refractivity contribution in [2.75, 3.05) is 45.2 Å². The third kappa shape index (κ3) is 5.73. The Morgan fingerprint density at radius 3 is 3.00 bits per heavy atom. The van der Waals surface area contributed by atoms with E-state index < -0.39 is 0 Å². The molecule has 0 aliphatic carbocycles. The highest BCUT2D eigenvalue weighted by Crippen LogP contribution is 2.22. The van der Waals surface area contributed by atoms with E-state index in [-0.39, 0.29) is 6.10 Å². The van der Waals surface area contributed by atoms with E-state index in [9.17, 15) is 0 Å². The van der Waals surface area contributed by atoms with Crippen LogP contribution in [-0.4, -0.2) is 56.9 Å². The van der Waals surface area contributed by atoms with Crippen LogP contribution >= 0.6 is 0 Å². The maximum Gasteiger partial charge on any atom is 0.193 e.